The van der Waals surface area contributed by atoms with Crippen molar-refractivity contribution in [3.05, 3.63) is 57.3 Å². The second-order valence-corrected chi connectivity index (χ2v) is 5.47. The molecule has 0 bridgehead atoms. The van der Waals surface area contributed by atoms with Gasteiger partial charge in [0.05, 0.1) is 17.0 Å². The second-order valence-electron chi connectivity index (χ2n) is 4.56. The van der Waals surface area contributed by atoms with E-state index in [4.69, 9.17) is 5.73 Å². The number of rotatable bonds is 4. The molecule has 0 radical (unpaired) electrons. The molecule has 108 valence electrons. The monoisotopic (exact) mass is 298 g/mol. The minimum atomic E-state index is -0.0772. The lowest BCUT2D eigenvalue weighted by Gasteiger charge is -2.05. The molecule has 2 rings (SSSR count). The Bertz CT molecular complexity index is 662. The Morgan fingerprint density at radius 1 is 1.29 bits per heavy atom. The summed E-state index contributed by atoms with van der Waals surface area (Å²) in [5.74, 6) is 5.63. The first-order valence-corrected chi connectivity index (χ1v) is 7.74. The van der Waals surface area contributed by atoms with E-state index in [2.05, 4.69) is 36.2 Å². The molecule has 3 N–H and O–H groups in total. The van der Waals surface area contributed by atoms with E-state index in [1.807, 2.05) is 17.5 Å². The van der Waals surface area contributed by atoms with E-state index in [-0.39, 0.29) is 5.91 Å². The van der Waals surface area contributed by atoms with Gasteiger partial charge in [0.1, 0.15) is 0 Å². The molecule has 0 spiro atoms. The highest BCUT2D eigenvalue weighted by Crippen LogP contribution is 2.13. The summed E-state index contributed by atoms with van der Waals surface area (Å²) in [6.45, 7) is 2.98. The molecule has 0 aliphatic rings. The van der Waals surface area contributed by atoms with Crippen molar-refractivity contribution in [2.45, 2.75) is 19.9 Å². The van der Waals surface area contributed by atoms with Gasteiger partial charge >= 0.3 is 0 Å². The van der Waals surface area contributed by atoms with Crippen molar-refractivity contribution in [1.29, 1.82) is 0 Å². The lowest BCUT2D eigenvalue weighted by molar-refractivity contribution is 0.0951. The molecule has 3 nitrogen and oxygen atoms in total. The lowest BCUT2D eigenvalue weighted by Crippen LogP contribution is -2.22. The maximum Gasteiger partial charge on any atom is 0.252 e. The van der Waals surface area contributed by atoms with Crippen LogP contribution in [-0.4, -0.2) is 12.5 Å². The number of benzene rings is 1. The molecule has 0 aliphatic heterocycles. The third-order valence-corrected chi connectivity index (χ3v) is 3.91. The lowest BCUT2D eigenvalue weighted by atomic mass is 10.1. The number of carbonyl (C=O) groups is 1. The van der Waals surface area contributed by atoms with E-state index in [0.717, 1.165) is 16.9 Å². The summed E-state index contributed by atoms with van der Waals surface area (Å²) in [5.41, 5.74) is 8.37. The van der Waals surface area contributed by atoms with Crippen LogP contribution in [0.4, 0.5) is 0 Å². The molecule has 1 aromatic carbocycles. The van der Waals surface area contributed by atoms with Crippen LogP contribution >= 0.6 is 11.3 Å². The van der Waals surface area contributed by atoms with Crippen LogP contribution in [0.2, 0.25) is 0 Å². The topological polar surface area (TPSA) is 55.1 Å². The molecule has 1 aromatic heterocycles. The number of hydrogen-bond acceptors (Lipinski definition) is 3. The molecular weight excluding hydrogens is 280 g/mol. The first-order chi connectivity index (χ1) is 10.2. The van der Waals surface area contributed by atoms with Crippen LogP contribution in [0, 0.1) is 11.8 Å². The van der Waals surface area contributed by atoms with Crippen LogP contribution in [0.1, 0.15) is 33.3 Å². The predicted octanol–water partition coefficient (Wildman–Crippen LogP) is 2.55. The average Bonchev–Trinajstić information content (AvgIpc) is 3.00. The molecule has 1 amide bonds. The van der Waals surface area contributed by atoms with Crippen molar-refractivity contribution < 1.29 is 4.79 Å². The van der Waals surface area contributed by atoms with Gasteiger partial charge in [-0.3, -0.25) is 4.79 Å². The van der Waals surface area contributed by atoms with Crippen molar-refractivity contribution in [3.8, 4) is 11.8 Å². The number of nitrogens with two attached hydrogens (primary N) is 1. The van der Waals surface area contributed by atoms with Crippen LogP contribution in [0.15, 0.2) is 35.7 Å². The van der Waals surface area contributed by atoms with Gasteiger partial charge < -0.3 is 11.1 Å². The zero-order valence-corrected chi connectivity index (χ0v) is 12.8. The highest BCUT2D eigenvalue weighted by Gasteiger charge is 2.07. The number of carbonyl (C=O) groups excluding carboxylic acids is 1. The van der Waals surface area contributed by atoms with Crippen molar-refractivity contribution in [2.75, 3.05) is 6.54 Å². The van der Waals surface area contributed by atoms with E-state index in [0.29, 0.717) is 18.7 Å². The summed E-state index contributed by atoms with van der Waals surface area (Å²) in [6.07, 6.45) is 1.02. The fourth-order valence-corrected chi connectivity index (χ4v) is 2.59. The summed E-state index contributed by atoms with van der Waals surface area (Å²) in [4.78, 5) is 12.9. The van der Waals surface area contributed by atoms with Gasteiger partial charge in [0.2, 0.25) is 0 Å². The maximum atomic E-state index is 12.1. The van der Waals surface area contributed by atoms with Gasteiger partial charge in [-0.2, -0.15) is 0 Å². The molecule has 4 heteroatoms. The Kier molecular flexibility index (Phi) is 5.56. The van der Waals surface area contributed by atoms with E-state index in [1.54, 1.807) is 6.07 Å². The van der Waals surface area contributed by atoms with Crippen LogP contribution in [0.5, 0.6) is 0 Å². The number of amides is 1. The van der Waals surface area contributed by atoms with E-state index in [1.165, 1.54) is 16.9 Å². The summed E-state index contributed by atoms with van der Waals surface area (Å²) in [6, 6.07) is 10.1. The Morgan fingerprint density at radius 3 is 2.67 bits per heavy atom. The van der Waals surface area contributed by atoms with Gasteiger partial charge in [-0.1, -0.05) is 43.0 Å². The molecule has 2 aromatic rings. The third-order valence-electron chi connectivity index (χ3n) is 3.06. The molecule has 0 atom stereocenters. The second kappa shape index (κ2) is 7.63. The van der Waals surface area contributed by atoms with Crippen molar-refractivity contribution in [3.63, 3.8) is 0 Å². The van der Waals surface area contributed by atoms with Crippen molar-refractivity contribution in [1.82, 2.24) is 5.32 Å². The number of thiophene rings is 1. The van der Waals surface area contributed by atoms with Crippen molar-refractivity contribution in [2.24, 2.45) is 5.73 Å². The first-order valence-electron chi connectivity index (χ1n) is 6.86. The van der Waals surface area contributed by atoms with E-state index >= 15 is 0 Å². The first kappa shape index (κ1) is 15.3. The third kappa shape index (κ3) is 4.45. The number of nitrogens with one attached hydrogen (secondary N) is 1. The van der Waals surface area contributed by atoms with Gasteiger partial charge in [0.15, 0.2) is 0 Å². The molecule has 0 saturated carbocycles. The fourth-order valence-electron chi connectivity index (χ4n) is 1.84. The largest absolute Gasteiger partial charge is 0.348 e. The quantitative estimate of drug-likeness (QED) is 0.852. The van der Waals surface area contributed by atoms with Crippen LogP contribution < -0.4 is 11.1 Å². The van der Waals surface area contributed by atoms with Gasteiger partial charge in [0, 0.05) is 11.9 Å². The standard InChI is InChI=1S/C17H18N2OS/c1-2-13-5-7-14(8-6-13)11-19-17(20)15-10-16(21-12-15)4-3-9-18/h5-8,10,12H,2,9,11,18H2,1H3,(H,19,20). The maximum absolute atomic E-state index is 12.1. The highest BCUT2D eigenvalue weighted by atomic mass is 32.1. The number of aryl methyl sites for hydroxylation is 1. The Morgan fingerprint density at radius 2 is 2.00 bits per heavy atom. The molecule has 1 heterocycles. The smallest absolute Gasteiger partial charge is 0.252 e. The highest BCUT2D eigenvalue weighted by molar-refractivity contribution is 7.10. The molecule has 0 aliphatic carbocycles. The molecule has 0 unspecified atom stereocenters. The average molecular weight is 298 g/mol. The van der Waals surface area contributed by atoms with E-state index < -0.39 is 0 Å². The van der Waals surface area contributed by atoms with E-state index in [9.17, 15) is 4.79 Å². The fraction of sp³-hybridized carbons (Fsp3) is 0.235. The zero-order valence-electron chi connectivity index (χ0n) is 12.0. The predicted molar refractivity (Wildman–Crippen MR) is 87.2 cm³/mol. The SMILES string of the molecule is CCc1ccc(CNC(=O)c2csc(C#CCN)c2)cc1. The number of hydrogen-bond donors (Lipinski definition) is 2. The zero-order chi connectivity index (χ0) is 15.1. The summed E-state index contributed by atoms with van der Waals surface area (Å²) < 4.78 is 0. The van der Waals surface area contributed by atoms with Gasteiger partial charge in [-0.25, -0.2) is 0 Å². The van der Waals surface area contributed by atoms with Gasteiger partial charge in [-0.15, -0.1) is 11.3 Å². The Hall–Kier alpha value is -2.09. The van der Waals surface area contributed by atoms with Crippen LogP contribution in [0.25, 0.3) is 0 Å². The summed E-state index contributed by atoms with van der Waals surface area (Å²) >= 11 is 1.45. The molecular formula is C17H18N2OS. The minimum Gasteiger partial charge on any atom is -0.348 e. The molecule has 0 saturated heterocycles. The van der Waals surface area contributed by atoms with Gasteiger partial charge in [-0.05, 0) is 23.6 Å². The van der Waals surface area contributed by atoms with Crippen molar-refractivity contribution >= 4 is 17.2 Å². The van der Waals surface area contributed by atoms with Crippen LogP contribution in [-0.2, 0) is 13.0 Å². The van der Waals surface area contributed by atoms with Crippen LogP contribution in [0.3, 0.4) is 0 Å². The minimum absolute atomic E-state index is 0.0772. The summed E-state index contributed by atoms with van der Waals surface area (Å²) in [7, 11) is 0. The molecule has 0 fully saturated rings. The Balaban J connectivity index is 1.93. The Labute approximate surface area is 129 Å². The summed E-state index contributed by atoms with van der Waals surface area (Å²) in [5, 5.41) is 4.73. The molecule has 21 heavy (non-hydrogen) atoms. The normalized spacial score (nSPS) is 9.81. The van der Waals surface area contributed by atoms with Gasteiger partial charge in [0.25, 0.3) is 5.91 Å².